The largest absolute Gasteiger partial charge is 0.416 e. The second kappa shape index (κ2) is 9.26. The predicted molar refractivity (Wildman–Crippen MR) is 108 cm³/mol. The lowest BCUT2D eigenvalue weighted by Crippen LogP contribution is -2.47. The van der Waals surface area contributed by atoms with Gasteiger partial charge in [-0.3, -0.25) is 9.78 Å². The molecule has 0 radical (unpaired) electrons. The van der Waals surface area contributed by atoms with Crippen LogP contribution in [0.15, 0.2) is 73.5 Å². The van der Waals surface area contributed by atoms with Crippen LogP contribution in [0.5, 0.6) is 0 Å². The minimum atomic E-state index is -4.79. The summed E-state index contributed by atoms with van der Waals surface area (Å²) in [6.45, 7) is 8.51. The van der Waals surface area contributed by atoms with Crippen LogP contribution in [-0.2, 0) is 16.5 Å². The number of amides is 1. The van der Waals surface area contributed by atoms with Crippen molar-refractivity contribution in [3.8, 4) is 0 Å². The fraction of sp³-hybridized carbons (Fsp3) is 0.182. The third-order valence-electron chi connectivity index (χ3n) is 4.34. The highest BCUT2D eigenvalue weighted by Gasteiger charge is 2.40. The Labute approximate surface area is 176 Å². The Morgan fingerprint density at radius 1 is 1.20 bits per heavy atom. The van der Waals surface area contributed by atoms with E-state index in [0.29, 0.717) is 11.6 Å². The van der Waals surface area contributed by atoms with Crippen molar-refractivity contribution in [3.63, 3.8) is 0 Å². The maximum absolute atomic E-state index is 14.3. The van der Waals surface area contributed by atoms with Gasteiger partial charge < -0.3 is 5.32 Å². The van der Waals surface area contributed by atoms with Crippen molar-refractivity contribution >= 4 is 17.5 Å². The van der Waals surface area contributed by atoms with Gasteiger partial charge in [-0.25, -0.2) is 4.39 Å². The van der Waals surface area contributed by atoms with Crippen LogP contribution < -0.4 is 5.32 Å². The van der Waals surface area contributed by atoms with Gasteiger partial charge in [0.1, 0.15) is 11.4 Å². The Morgan fingerprint density at radius 3 is 2.37 bits per heavy atom. The van der Waals surface area contributed by atoms with Gasteiger partial charge in [0.15, 0.2) is 0 Å². The molecule has 30 heavy (non-hydrogen) atoms. The van der Waals surface area contributed by atoms with E-state index in [1.165, 1.54) is 37.4 Å². The summed E-state index contributed by atoms with van der Waals surface area (Å²) in [6.07, 6.45) is 0.975. The molecule has 1 heterocycles. The van der Waals surface area contributed by atoms with E-state index < -0.39 is 29.0 Å². The number of carbonyl (C=O) groups excluding carboxylic acids is 1. The number of hydrogen-bond donors (Lipinski definition) is 1. The smallest absolute Gasteiger partial charge is 0.341 e. The van der Waals surface area contributed by atoms with Crippen LogP contribution in [0.3, 0.4) is 0 Å². The molecular formula is C22H19ClF4N2O. The van der Waals surface area contributed by atoms with E-state index in [9.17, 15) is 22.4 Å². The molecule has 0 unspecified atom stereocenters. The second-order valence-corrected chi connectivity index (χ2v) is 6.97. The molecule has 0 spiro atoms. The zero-order valence-electron chi connectivity index (χ0n) is 16.1. The van der Waals surface area contributed by atoms with Gasteiger partial charge in [0.25, 0.3) is 0 Å². The van der Waals surface area contributed by atoms with Crippen LogP contribution in [0, 0.1) is 5.82 Å². The van der Waals surface area contributed by atoms with Crippen LogP contribution in [0.2, 0.25) is 5.02 Å². The molecule has 1 aromatic carbocycles. The summed E-state index contributed by atoms with van der Waals surface area (Å²) in [7, 11) is 0. The molecule has 1 amide bonds. The molecule has 0 fully saturated rings. The molecule has 1 aromatic heterocycles. The van der Waals surface area contributed by atoms with Crippen molar-refractivity contribution in [2.45, 2.75) is 25.1 Å². The lowest BCUT2D eigenvalue weighted by Gasteiger charge is -2.35. The van der Waals surface area contributed by atoms with Crippen molar-refractivity contribution in [1.29, 1.82) is 0 Å². The van der Waals surface area contributed by atoms with E-state index >= 15 is 0 Å². The highest BCUT2D eigenvalue weighted by molar-refractivity contribution is 6.30. The van der Waals surface area contributed by atoms with E-state index in [-0.39, 0.29) is 22.7 Å². The first-order valence-corrected chi connectivity index (χ1v) is 9.12. The average Bonchev–Trinajstić information content (AvgIpc) is 2.66. The zero-order chi connectivity index (χ0) is 22.5. The maximum Gasteiger partial charge on any atom is 0.416 e. The molecule has 1 atom stereocenters. The number of allylic oxidation sites excluding steroid dienone is 3. The van der Waals surface area contributed by atoms with Crippen molar-refractivity contribution < 1.29 is 22.4 Å². The molecule has 1 N–H and O–H groups in total. The molecule has 0 aliphatic carbocycles. The minimum absolute atomic E-state index is 0.0581. The van der Waals surface area contributed by atoms with Gasteiger partial charge in [-0.1, -0.05) is 43.0 Å². The Bertz CT molecular complexity index is 984. The number of pyridine rings is 1. The van der Waals surface area contributed by atoms with Gasteiger partial charge in [0, 0.05) is 19.5 Å². The minimum Gasteiger partial charge on any atom is -0.341 e. The number of nitrogens with one attached hydrogen (secondary N) is 1. The molecule has 158 valence electrons. The fourth-order valence-corrected chi connectivity index (χ4v) is 3.22. The molecule has 8 heteroatoms. The van der Waals surface area contributed by atoms with Gasteiger partial charge in [0.05, 0.1) is 16.3 Å². The van der Waals surface area contributed by atoms with Gasteiger partial charge in [-0.05, 0) is 41.5 Å². The molecule has 0 aliphatic rings. The summed E-state index contributed by atoms with van der Waals surface area (Å²) in [6, 6.07) is 5.08. The first kappa shape index (κ1) is 23.3. The summed E-state index contributed by atoms with van der Waals surface area (Å²) in [5, 5.41) is 2.96. The summed E-state index contributed by atoms with van der Waals surface area (Å²) in [4.78, 5) is 16.3. The highest BCUT2D eigenvalue weighted by Crippen LogP contribution is 2.39. The Hall–Kier alpha value is -2.93. The number of aromatic nitrogens is 1. The number of hydrogen-bond acceptors (Lipinski definition) is 2. The van der Waals surface area contributed by atoms with E-state index in [0.717, 1.165) is 12.1 Å². The van der Waals surface area contributed by atoms with Crippen LogP contribution in [0.1, 0.15) is 30.2 Å². The van der Waals surface area contributed by atoms with Crippen LogP contribution in [-0.4, -0.2) is 10.9 Å². The summed E-state index contributed by atoms with van der Waals surface area (Å²) in [5.74, 6) is -1.65. The standard InChI is InChI=1S/C22H19ClF4N2O/c1-4-6-15(5-2)12-21(29-14(3)30,20-8-7-18(23)13-28-20)16-9-17(22(25,26)27)11-19(24)10-16/h4-11,13H,1-2,12H2,3H3,(H,29,30)/b15-6+/t21-/m0/s1. The molecule has 0 saturated heterocycles. The van der Waals surface area contributed by atoms with Gasteiger partial charge >= 0.3 is 6.18 Å². The number of rotatable bonds is 7. The zero-order valence-corrected chi connectivity index (χ0v) is 16.8. The third-order valence-corrected chi connectivity index (χ3v) is 4.56. The predicted octanol–water partition coefficient (Wildman–Crippen LogP) is 5.96. The molecule has 2 aromatic rings. The fourth-order valence-electron chi connectivity index (χ4n) is 3.11. The van der Waals surface area contributed by atoms with E-state index in [1.54, 1.807) is 6.08 Å². The number of benzene rings is 1. The first-order chi connectivity index (χ1) is 14.0. The van der Waals surface area contributed by atoms with Gasteiger partial charge in [0.2, 0.25) is 5.91 Å². The van der Waals surface area contributed by atoms with Crippen molar-refractivity contribution in [2.75, 3.05) is 0 Å². The maximum atomic E-state index is 14.3. The molecular weight excluding hydrogens is 420 g/mol. The van der Waals surface area contributed by atoms with E-state index in [2.05, 4.69) is 23.5 Å². The van der Waals surface area contributed by atoms with Crippen molar-refractivity contribution in [3.05, 3.63) is 101 Å². The highest BCUT2D eigenvalue weighted by atomic mass is 35.5. The number of halogens is 5. The second-order valence-electron chi connectivity index (χ2n) is 6.53. The third kappa shape index (κ3) is 5.36. The monoisotopic (exact) mass is 438 g/mol. The Kier molecular flexibility index (Phi) is 7.21. The normalized spacial score (nSPS) is 14.0. The quantitative estimate of drug-likeness (QED) is 0.428. The molecule has 0 saturated carbocycles. The summed E-state index contributed by atoms with van der Waals surface area (Å²) >= 11 is 5.91. The lowest BCUT2D eigenvalue weighted by molar-refractivity contribution is -0.137. The van der Waals surface area contributed by atoms with Gasteiger partial charge in [-0.15, -0.1) is 0 Å². The summed E-state index contributed by atoms with van der Waals surface area (Å²) in [5.41, 5.74) is -2.22. The van der Waals surface area contributed by atoms with Crippen LogP contribution >= 0.6 is 11.6 Å². The molecule has 0 bridgehead atoms. The molecule has 3 nitrogen and oxygen atoms in total. The number of alkyl halides is 3. The summed E-state index contributed by atoms with van der Waals surface area (Å²) < 4.78 is 54.4. The van der Waals surface area contributed by atoms with Crippen LogP contribution in [0.25, 0.3) is 0 Å². The molecule has 2 rings (SSSR count). The van der Waals surface area contributed by atoms with Crippen LogP contribution in [0.4, 0.5) is 17.6 Å². The van der Waals surface area contributed by atoms with E-state index in [4.69, 9.17) is 11.6 Å². The Morgan fingerprint density at radius 2 is 1.87 bits per heavy atom. The number of carbonyl (C=O) groups is 1. The topological polar surface area (TPSA) is 42.0 Å². The van der Waals surface area contributed by atoms with Crippen molar-refractivity contribution in [1.82, 2.24) is 10.3 Å². The average molecular weight is 439 g/mol. The lowest BCUT2D eigenvalue weighted by atomic mass is 9.79. The van der Waals surface area contributed by atoms with Gasteiger partial charge in [-0.2, -0.15) is 13.2 Å². The number of nitrogens with zero attached hydrogens (tertiary/aromatic N) is 1. The van der Waals surface area contributed by atoms with Crippen molar-refractivity contribution in [2.24, 2.45) is 0 Å². The SMILES string of the molecule is C=C/C=C(\C=C)C[C@](NC(C)=O)(c1cc(F)cc(C(F)(F)F)c1)c1ccc(Cl)cn1. The first-order valence-electron chi connectivity index (χ1n) is 8.75. The Balaban J connectivity index is 2.89. The molecule has 0 aliphatic heterocycles. The van der Waals surface area contributed by atoms with E-state index in [1.807, 2.05) is 0 Å².